The molecule has 3 N–H and O–H groups in total. The molecule has 8 heteroatoms. The van der Waals surface area contributed by atoms with E-state index in [1.54, 1.807) is 20.0 Å². The van der Waals surface area contributed by atoms with Crippen molar-refractivity contribution in [3.8, 4) is 11.3 Å². The molecule has 28 heavy (non-hydrogen) atoms. The van der Waals surface area contributed by atoms with Crippen molar-refractivity contribution in [1.82, 2.24) is 4.98 Å². The lowest BCUT2D eigenvalue weighted by molar-refractivity contribution is 0.255. The molecule has 3 aromatic rings. The van der Waals surface area contributed by atoms with E-state index in [1.807, 2.05) is 0 Å². The van der Waals surface area contributed by atoms with Crippen LogP contribution in [0.2, 0.25) is 0 Å². The monoisotopic (exact) mass is 386 g/mol. The van der Waals surface area contributed by atoms with E-state index in [9.17, 15) is 18.0 Å². The highest BCUT2D eigenvalue weighted by Crippen LogP contribution is 2.34. The first-order chi connectivity index (χ1) is 13.3. The standard InChI is InChI=1S/C20H17F3N4O/c1-11-10-12(21)6-7-13(11)18-16(25-2)8-9-17(26-18)27(20(24)28)19-14(22)4-3-5-15(19)23/h3-10,25H,1-2H3,(H2,24,28). The first-order valence-corrected chi connectivity index (χ1v) is 8.32. The van der Waals surface area contributed by atoms with Crippen LogP contribution in [0.3, 0.4) is 0 Å². The zero-order valence-corrected chi connectivity index (χ0v) is 15.1. The highest BCUT2D eigenvalue weighted by molar-refractivity contribution is 5.98. The summed E-state index contributed by atoms with van der Waals surface area (Å²) in [6.45, 7) is 1.70. The molecule has 2 aromatic carbocycles. The molecule has 0 radical (unpaired) electrons. The number of nitrogens with one attached hydrogen (secondary N) is 1. The van der Waals surface area contributed by atoms with Crippen LogP contribution in [0, 0.1) is 24.4 Å². The van der Waals surface area contributed by atoms with Gasteiger partial charge in [0, 0.05) is 12.6 Å². The molecule has 0 bridgehead atoms. The summed E-state index contributed by atoms with van der Waals surface area (Å²) >= 11 is 0. The summed E-state index contributed by atoms with van der Waals surface area (Å²) in [5.41, 5.74) is 6.92. The van der Waals surface area contributed by atoms with Crippen molar-refractivity contribution in [3.05, 3.63) is 71.5 Å². The number of aromatic nitrogens is 1. The van der Waals surface area contributed by atoms with Crippen LogP contribution >= 0.6 is 0 Å². The Kier molecular flexibility index (Phi) is 5.21. The quantitative estimate of drug-likeness (QED) is 0.681. The Bertz CT molecular complexity index is 1040. The van der Waals surface area contributed by atoms with Crippen LogP contribution in [0.1, 0.15) is 5.56 Å². The molecule has 2 amide bonds. The summed E-state index contributed by atoms with van der Waals surface area (Å²) in [6, 6.07) is 9.26. The van der Waals surface area contributed by atoms with Gasteiger partial charge in [0.2, 0.25) is 0 Å². The number of nitrogens with zero attached hydrogens (tertiary/aromatic N) is 2. The van der Waals surface area contributed by atoms with Gasteiger partial charge in [0.1, 0.15) is 29.0 Å². The van der Waals surface area contributed by atoms with Crippen molar-refractivity contribution in [3.63, 3.8) is 0 Å². The molecule has 0 aliphatic rings. The summed E-state index contributed by atoms with van der Waals surface area (Å²) in [4.78, 5) is 17.1. The second-order valence-electron chi connectivity index (χ2n) is 6.02. The van der Waals surface area contributed by atoms with Gasteiger partial charge in [0.05, 0.1) is 11.4 Å². The van der Waals surface area contributed by atoms with Crippen molar-refractivity contribution < 1.29 is 18.0 Å². The van der Waals surface area contributed by atoms with E-state index in [0.29, 0.717) is 27.4 Å². The minimum atomic E-state index is -1.10. The van der Waals surface area contributed by atoms with E-state index in [0.717, 1.165) is 12.1 Å². The fourth-order valence-corrected chi connectivity index (χ4v) is 2.91. The van der Waals surface area contributed by atoms with E-state index in [4.69, 9.17) is 5.73 Å². The Hall–Kier alpha value is -3.55. The molecule has 0 aliphatic carbocycles. The third kappa shape index (κ3) is 3.48. The third-order valence-electron chi connectivity index (χ3n) is 4.20. The fraction of sp³-hybridized carbons (Fsp3) is 0.100. The minimum absolute atomic E-state index is 0.0748. The molecule has 3 rings (SSSR count). The van der Waals surface area contributed by atoms with Crippen LogP contribution in [-0.4, -0.2) is 18.1 Å². The predicted octanol–water partition coefficient (Wildman–Crippen LogP) is 4.73. The molecular formula is C20H17F3N4O. The number of urea groups is 1. The summed E-state index contributed by atoms with van der Waals surface area (Å²) in [5, 5.41) is 2.95. The SMILES string of the molecule is CNc1ccc(N(C(N)=O)c2c(F)cccc2F)nc1-c1ccc(F)cc1C. The zero-order valence-electron chi connectivity index (χ0n) is 15.1. The molecule has 0 atom stereocenters. The summed E-state index contributed by atoms with van der Waals surface area (Å²) in [7, 11) is 1.67. The molecule has 0 saturated carbocycles. The van der Waals surface area contributed by atoms with Gasteiger partial charge in [-0.05, 0) is 55.0 Å². The predicted molar refractivity (Wildman–Crippen MR) is 102 cm³/mol. The number of para-hydroxylation sites is 1. The van der Waals surface area contributed by atoms with Gasteiger partial charge in [0.15, 0.2) is 0 Å². The first kappa shape index (κ1) is 19.2. The van der Waals surface area contributed by atoms with Gasteiger partial charge in [-0.1, -0.05) is 6.07 Å². The normalized spacial score (nSPS) is 10.6. The number of hydrogen-bond donors (Lipinski definition) is 2. The molecule has 1 aromatic heterocycles. The van der Waals surface area contributed by atoms with Gasteiger partial charge in [0.25, 0.3) is 0 Å². The Labute approximate surface area is 159 Å². The average molecular weight is 386 g/mol. The molecular weight excluding hydrogens is 369 g/mol. The van der Waals surface area contributed by atoms with Crippen molar-refractivity contribution in [2.45, 2.75) is 6.92 Å². The van der Waals surface area contributed by atoms with E-state index < -0.39 is 29.2 Å². The maximum atomic E-state index is 14.3. The summed E-state index contributed by atoms with van der Waals surface area (Å²) < 4.78 is 42.0. The van der Waals surface area contributed by atoms with E-state index in [2.05, 4.69) is 10.3 Å². The fourth-order valence-electron chi connectivity index (χ4n) is 2.91. The van der Waals surface area contributed by atoms with Crippen molar-refractivity contribution in [2.24, 2.45) is 5.73 Å². The highest BCUT2D eigenvalue weighted by Gasteiger charge is 2.25. The average Bonchev–Trinajstić information content (AvgIpc) is 2.64. The molecule has 5 nitrogen and oxygen atoms in total. The molecule has 0 unspecified atom stereocenters. The van der Waals surface area contributed by atoms with E-state index in [-0.39, 0.29) is 5.82 Å². The molecule has 0 aliphatic heterocycles. The van der Waals surface area contributed by atoms with Crippen LogP contribution in [-0.2, 0) is 0 Å². The number of carbonyl (C=O) groups excluding carboxylic acids is 1. The van der Waals surface area contributed by atoms with Gasteiger partial charge >= 0.3 is 6.03 Å². The van der Waals surface area contributed by atoms with Crippen LogP contribution in [0.15, 0.2) is 48.5 Å². The summed E-state index contributed by atoms with van der Waals surface area (Å²) in [6.07, 6.45) is 0. The van der Waals surface area contributed by atoms with Crippen LogP contribution in [0.25, 0.3) is 11.3 Å². The van der Waals surface area contributed by atoms with Crippen LogP contribution in [0.5, 0.6) is 0 Å². The van der Waals surface area contributed by atoms with Gasteiger partial charge in [-0.2, -0.15) is 0 Å². The van der Waals surface area contributed by atoms with Gasteiger partial charge in [-0.3, -0.25) is 0 Å². The largest absolute Gasteiger partial charge is 0.386 e. The molecule has 1 heterocycles. The number of primary amides is 1. The lowest BCUT2D eigenvalue weighted by Crippen LogP contribution is -2.33. The Morgan fingerprint density at radius 2 is 1.75 bits per heavy atom. The van der Waals surface area contributed by atoms with E-state index in [1.165, 1.54) is 30.3 Å². The number of aryl methyl sites for hydroxylation is 1. The van der Waals surface area contributed by atoms with Crippen molar-refractivity contribution in [1.29, 1.82) is 0 Å². The van der Waals surface area contributed by atoms with Crippen LogP contribution < -0.4 is 16.0 Å². The van der Waals surface area contributed by atoms with Gasteiger partial charge in [-0.25, -0.2) is 27.8 Å². The smallest absolute Gasteiger partial charge is 0.325 e. The summed E-state index contributed by atoms with van der Waals surface area (Å²) in [5.74, 6) is -2.40. The number of rotatable bonds is 4. The van der Waals surface area contributed by atoms with Crippen molar-refractivity contribution in [2.75, 3.05) is 17.3 Å². The first-order valence-electron chi connectivity index (χ1n) is 8.32. The van der Waals surface area contributed by atoms with E-state index >= 15 is 0 Å². The Morgan fingerprint density at radius 1 is 1.07 bits per heavy atom. The van der Waals surface area contributed by atoms with Gasteiger partial charge in [-0.15, -0.1) is 0 Å². The van der Waals surface area contributed by atoms with Crippen molar-refractivity contribution >= 4 is 23.2 Å². The molecule has 144 valence electrons. The highest BCUT2D eigenvalue weighted by atomic mass is 19.1. The molecule has 0 spiro atoms. The molecule has 0 fully saturated rings. The topological polar surface area (TPSA) is 71.2 Å². The maximum absolute atomic E-state index is 14.3. The number of hydrogen-bond acceptors (Lipinski definition) is 3. The Balaban J connectivity index is 2.23. The number of anilines is 3. The number of benzene rings is 2. The zero-order chi connectivity index (χ0) is 20.4. The minimum Gasteiger partial charge on any atom is -0.386 e. The second kappa shape index (κ2) is 7.59. The van der Waals surface area contributed by atoms with Crippen LogP contribution in [0.4, 0.5) is 35.2 Å². The lowest BCUT2D eigenvalue weighted by Gasteiger charge is -2.22. The number of halogens is 3. The maximum Gasteiger partial charge on any atom is 0.325 e. The number of pyridine rings is 1. The third-order valence-corrected chi connectivity index (χ3v) is 4.20. The van der Waals surface area contributed by atoms with Gasteiger partial charge < -0.3 is 11.1 Å². The number of amides is 2. The number of nitrogens with two attached hydrogens (primary N) is 1. The second-order valence-corrected chi connectivity index (χ2v) is 6.02. The number of carbonyl (C=O) groups is 1. The molecule has 0 saturated heterocycles. The Morgan fingerprint density at radius 3 is 2.32 bits per heavy atom. The lowest BCUT2D eigenvalue weighted by atomic mass is 10.0.